The lowest BCUT2D eigenvalue weighted by Crippen LogP contribution is -2.34. The van der Waals surface area contributed by atoms with Crippen molar-refractivity contribution in [1.29, 1.82) is 0 Å². The number of benzene rings is 2. The molecule has 1 aromatic heterocycles. The van der Waals surface area contributed by atoms with E-state index >= 15 is 0 Å². The summed E-state index contributed by atoms with van der Waals surface area (Å²) < 4.78 is 0. The van der Waals surface area contributed by atoms with E-state index in [9.17, 15) is 4.79 Å². The minimum atomic E-state index is -0.0423. The monoisotopic (exact) mass is 323 g/mol. The van der Waals surface area contributed by atoms with Crippen LogP contribution in [0.3, 0.4) is 0 Å². The topological polar surface area (TPSA) is 49.0 Å². The van der Waals surface area contributed by atoms with Crippen molar-refractivity contribution in [3.63, 3.8) is 0 Å². The number of amides is 1. The van der Waals surface area contributed by atoms with E-state index in [-0.39, 0.29) is 11.9 Å². The smallest absolute Gasteiger partial charge is 0.290 e. The van der Waals surface area contributed by atoms with Gasteiger partial charge in [0.25, 0.3) is 5.91 Å². The molecular weight excluding hydrogens is 310 g/mol. The van der Waals surface area contributed by atoms with Gasteiger partial charge in [0.2, 0.25) is 0 Å². The molecule has 2 aromatic carbocycles. The van der Waals surface area contributed by atoms with Gasteiger partial charge in [-0.3, -0.25) is 4.79 Å². The van der Waals surface area contributed by atoms with Gasteiger partial charge in [0.1, 0.15) is 5.52 Å². The normalized spacial score (nSPS) is 21.9. The number of fused-ring (bicyclic) bond motifs is 6. The predicted molar refractivity (Wildman–Crippen MR) is 88.7 cm³/mol. The van der Waals surface area contributed by atoms with E-state index in [0.717, 1.165) is 18.5 Å². The molecule has 2 atom stereocenters. The van der Waals surface area contributed by atoms with Crippen LogP contribution in [-0.4, -0.2) is 27.3 Å². The van der Waals surface area contributed by atoms with Crippen LogP contribution in [-0.2, 0) is 0 Å². The molecule has 4 nitrogen and oxygen atoms in total. The number of H-pyrrole nitrogens is 1. The van der Waals surface area contributed by atoms with Crippen LogP contribution in [0.1, 0.15) is 40.1 Å². The number of nitrogens with one attached hydrogen (secondary N) is 1. The first-order valence-corrected chi connectivity index (χ1v) is 8.14. The molecule has 2 aliphatic rings. The molecule has 3 aromatic rings. The van der Waals surface area contributed by atoms with E-state index in [1.54, 1.807) is 6.07 Å². The first-order chi connectivity index (χ1) is 11.2. The van der Waals surface area contributed by atoms with Gasteiger partial charge in [0.15, 0.2) is 5.82 Å². The number of aromatic nitrogens is 2. The molecule has 114 valence electrons. The lowest BCUT2D eigenvalue weighted by atomic mass is 9.99. The number of para-hydroxylation sites is 1. The summed E-state index contributed by atoms with van der Waals surface area (Å²) in [6, 6.07) is 14.1. The minimum Gasteiger partial charge on any atom is -0.334 e. The van der Waals surface area contributed by atoms with Gasteiger partial charge in [-0.1, -0.05) is 41.9 Å². The average Bonchev–Trinajstić information content (AvgIpc) is 3.27. The third-order valence-corrected chi connectivity index (χ3v) is 5.33. The molecule has 2 unspecified atom stereocenters. The molecule has 1 amide bonds. The number of carbonyl (C=O) groups is 1. The summed E-state index contributed by atoms with van der Waals surface area (Å²) in [5.74, 6) is 0.783. The molecule has 0 radical (unpaired) electrons. The average molecular weight is 324 g/mol. The van der Waals surface area contributed by atoms with E-state index in [2.05, 4.69) is 28.2 Å². The quantitative estimate of drug-likeness (QED) is 0.738. The van der Waals surface area contributed by atoms with Gasteiger partial charge in [-0.15, -0.1) is 0 Å². The maximum absolute atomic E-state index is 12.9. The fourth-order valence-corrected chi connectivity index (χ4v) is 4.22. The lowest BCUT2D eigenvalue weighted by Gasteiger charge is -2.28. The maximum atomic E-state index is 12.9. The number of carbonyl (C=O) groups excluding carboxylic acids is 1. The number of halogens is 1. The molecule has 1 aliphatic heterocycles. The Labute approximate surface area is 138 Å². The van der Waals surface area contributed by atoms with Crippen molar-refractivity contribution in [1.82, 2.24) is 14.9 Å². The Morgan fingerprint density at radius 2 is 2.00 bits per heavy atom. The molecule has 0 spiro atoms. The molecule has 1 aliphatic carbocycles. The number of aromatic amines is 1. The van der Waals surface area contributed by atoms with E-state index in [1.165, 1.54) is 11.1 Å². The van der Waals surface area contributed by atoms with Gasteiger partial charge >= 0.3 is 0 Å². The van der Waals surface area contributed by atoms with Crippen LogP contribution in [0.25, 0.3) is 11.0 Å². The first-order valence-electron chi connectivity index (χ1n) is 7.76. The Morgan fingerprint density at radius 1 is 1.17 bits per heavy atom. The molecular formula is C18H14ClN3O. The second kappa shape index (κ2) is 4.59. The van der Waals surface area contributed by atoms with Crippen molar-refractivity contribution in [2.24, 2.45) is 0 Å². The molecule has 5 rings (SSSR count). The van der Waals surface area contributed by atoms with Crippen LogP contribution >= 0.6 is 11.6 Å². The highest BCUT2D eigenvalue weighted by molar-refractivity contribution is 6.35. The van der Waals surface area contributed by atoms with Crippen LogP contribution in [0.4, 0.5) is 0 Å². The number of rotatable bonds is 1. The highest BCUT2D eigenvalue weighted by Gasteiger charge is 2.44. The predicted octanol–water partition coefficient (Wildman–Crippen LogP) is 3.90. The van der Waals surface area contributed by atoms with Crippen molar-refractivity contribution < 1.29 is 4.79 Å². The Balaban J connectivity index is 1.53. The third kappa shape index (κ3) is 1.78. The van der Waals surface area contributed by atoms with Crippen LogP contribution in [0, 0.1) is 0 Å². The highest BCUT2D eigenvalue weighted by atomic mass is 35.5. The first kappa shape index (κ1) is 13.1. The van der Waals surface area contributed by atoms with Crippen LogP contribution in [0.2, 0.25) is 5.02 Å². The molecule has 2 bridgehead atoms. The van der Waals surface area contributed by atoms with Crippen molar-refractivity contribution in [2.75, 3.05) is 6.54 Å². The Hall–Kier alpha value is -2.33. The van der Waals surface area contributed by atoms with Crippen LogP contribution < -0.4 is 0 Å². The SMILES string of the molecule is O=C(c1nc2c(Cl)cccc2[nH]1)N1CC2CC1c1ccccc12. The lowest BCUT2D eigenvalue weighted by molar-refractivity contribution is 0.0717. The fraction of sp³-hybridized carbons (Fsp3) is 0.222. The van der Waals surface area contributed by atoms with E-state index < -0.39 is 0 Å². The van der Waals surface area contributed by atoms with Crippen molar-refractivity contribution in [2.45, 2.75) is 18.4 Å². The van der Waals surface area contributed by atoms with Crippen molar-refractivity contribution >= 4 is 28.5 Å². The zero-order chi connectivity index (χ0) is 15.6. The van der Waals surface area contributed by atoms with Gasteiger partial charge in [-0.2, -0.15) is 0 Å². The summed E-state index contributed by atoms with van der Waals surface area (Å²) in [5, 5.41) is 0.561. The molecule has 1 N–H and O–H groups in total. The summed E-state index contributed by atoms with van der Waals surface area (Å²) in [6.45, 7) is 0.769. The van der Waals surface area contributed by atoms with Gasteiger partial charge in [0.05, 0.1) is 16.6 Å². The zero-order valence-electron chi connectivity index (χ0n) is 12.3. The summed E-state index contributed by atoms with van der Waals surface area (Å²) in [5.41, 5.74) is 4.13. The van der Waals surface area contributed by atoms with Gasteiger partial charge < -0.3 is 9.88 Å². The fourth-order valence-electron chi connectivity index (χ4n) is 4.00. The summed E-state index contributed by atoms with van der Waals surface area (Å²) in [4.78, 5) is 22.4. The van der Waals surface area contributed by atoms with Gasteiger partial charge in [-0.25, -0.2) is 4.98 Å². The summed E-state index contributed by atoms with van der Waals surface area (Å²) in [6.07, 6.45) is 1.02. The second-order valence-corrected chi connectivity index (χ2v) is 6.66. The summed E-state index contributed by atoms with van der Waals surface area (Å²) >= 11 is 6.16. The van der Waals surface area contributed by atoms with Crippen LogP contribution in [0.15, 0.2) is 42.5 Å². The molecule has 23 heavy (non-hydrogen) atoms. The van der Waals surface area contributed by atoms with Gasteiger partial charge in [0, 0.05) is 12.5 Å². The molecule has 5 heteroatoms. The van der Waals surface area contributed by atoms with Crippen molar-refractivity contribution in [3.05, 3.63) is 64.4 Å². The number of likely N-dealkylation sites (tertiary alicyclic amines) is 1. The van der Waals surface area contributed by atoms with E-state index in [4.69, 9.17) is 11.6 Å². The Bertz CT molecular complexity index is 948. The molecule has 1 saturated heterocycles. The molecule has 2 heterocycles. The Morgan fingerprint density at radius 3 is 2.83 bits per heavy atom. The van der Waals surface area contributed by atoms with E-state index in [0.29, 0.717) is 22.3 Å². The number of nitrogens with zero attached hydrogens (tertiary/aromatic N) is 2. The highest BCUT2D eigenvalue weighted by Crippen LogP contribution is 2.50. The Kier molecular flexibility index (Phi) is 2.62. The van der Waals surface area contributed by atoms with Gasteiger partial charge in [-0.05, 0) is 29.7 Å². The number of imidazole rings is 1. The third-order valence-electron chi connectivity index (χ3n) is 5.02. The zero-order valence-corrected chi connectivity index (χ0v) is 13.0. The second-order valence-electron chi connectivity index (χ2n) is 6.26. The number of hydrogen-bond donors (Lipinski definition) is 1. The molecule has 0 saturated carbocycles. The molecule has 1 fully saturated rings. The minimum absolute atomic E-state index is 0.0423. The summed E-state index contributed by atoms with van der Waals surface area (Å²) in [7, 11) is 0. The maximum Gasteiger partial charge on any atom is 0.290 e. The largest absolute Gasteiger partial charge is 0.334 e. The van der Waals surface area contributed by atoms with Crippen molar-refractivity contribution in [3.8, 4) is 0 Å². The number of hydrogen-bond acceptors (Lipinski definition) is 2. The van der Waals surface area contributed by atoms with Crippen LogP contribution in [0.5, 0.6) is 0 Å². The van der Waals surface area contributed by atoms with E-state index in [1.807, 2.05) is 23.1 Å². The standard InChI is InChI=1S/C18H14ClN3O/c19-13-6-3-7-14-16(13)21-17(20-14)18(23)22-9-10-8-15(22)12-5-2-1-4-11(10)12/h1-7,10,15H,8-9H2,(H,20,21).